The standard InChI is InChI=1S/C18H20N2O/c1-20(2)18(21)17-8-4-3-7-16(17)15-9-5-6-13-12-19-11-10-14(13)15/h3-9,19H,10-12H2,1-2H3. The highest BCUT2D eigenvalue weighted by atomic mass is 16.2. The monoisotopic (exact) mass is 280 g/mol. The topological polar surface area (TPSA) is 32.3 Å². The highest BCUT2D eigenvalue weighted by molar-refractivity contribution is 6.01. The SMILES string of the molecule is CN(C)C(=O)c1ccccc1-c1cccc2c1CCNC2. The van der Waals surface area contributed by atoms with E-state index in [1.54, 1.807) is 19.0 Å². The van der Waals surface area contributed by atoms with E-state index < -0.39 is 0 Å². The maximum Gasteiger partial charge on any atom is 0.253 e. The summed E-state index contributed by atoms with van der Waals surface area (Å²) in [6.07, 6.45) is 1.01. The summed E-state index contributed by atoms with van der Waals surface area (Å²) in [5.74, 6) is 0.0529. The largest absolute Gasteiger partial charge is 0.345 e. The Balaban J connectivity index is 2.16. The number of rotatable bonds is 2. The zero-order chi connectivity index (χ0) is 14.8. The fourth-order valence-corrected chi connectivity index (χ4v) is 2.93. The molecule has 0 spiro atoms. The molecular weight excluding hydrogens is 260 g/mol. The molecule has 108 valence electrons. The van der Waals surface area contributed by atoms with E-state index in [9.17, 15) is 4.79 Å². The summed E-state index contributed by atoms with van der Waals surface area (Å²) in [6.45, 7) is 1.90. The van der Waals surface area contributed by atoms with Crippen molar-refractivity contribution < 1.29 is 4.79 Å². The zero-order valence-electron chi connectivity index (χ0n) is 12.5. The number of fused-ring (bicyclic) bond motifs is 1. The van der Waals surface area contributed by atoms with E-state index in [2.05, 4.69) is 23.5 Å². The molecule has 21 heavy (non-hydrogen) atoms. The van der Waals surface area contributed by atoms with Crippen molar-refractivity contribution >= 4 is 5.91 Å². The highest BCUT2D eigenvalue weighted by Gasteiger charge is 2.18. The Morgan fingerprint density at radius 1 is 1.05 bits per heavy atom. The quantitative estimate of drug-likeness (QED) is 0.917. The van der Waals surface area contributed by atoms with E-state index in [-0.39, 0.29) is 5.91 Å². The van der Waals surface area contributed by atoms with Gasteiger partial charge < -0.3 is 10.2 Å². The molecule has 3 rings (SSSR count). The Bertz CT molecular complexity index is 677. The molecule has 0 bridgehead atoms. The van der Waals surface area contributed by atoms with Gasteiger partial charge >= 0.3 is 0 Å². The summed E-state index contributed by atoms with van der Waals surface area (Å²) in [7, 11) is 3.59. The first kappa shape index (κ1) is 13.8. The van der Waals surface area contributed by atoms with Crippen molar-refractivity contribution in [1.29, 1.82) is 0 Å². The van der Waals surface area contributed by atoms with Gasteiger partial charge in [0.2, 0.25) is 0 Å². The Morgan fingerprint density at radius 2 is 1.81 bits per heavy atom. The minimum Gasteiger partial charge on any atom is -0.345 e. The Morgan fingerprint density at radius 3 is 2.62 bits per heavy atom. The number of carbonyl (C=O) groups excluding carboxylic acids is 1. The molecule has 0 saturated carbocycles. The van der Waals surface area contributed by atoms with E-state index in [1.807, 2.05) is 24.3 Å². The van der Waals surface area contributed by atoms with Crippen molar-refractivity contribution in [1.82, 2.24) is 10.2 Å². The van der Waals surface area contributed by atoms with Crippen LogP contribution in [-0.2, 0) is 13.0 Å². The lowest BCUT2D eigenvalue weighted by Gasteiger charge is -2.22. The van der Waals surface area contributed by atoms with E-state index in [0.717, 1.165) is 30.6 Å². The van der Waals surface area contributed by atoms with E-state index in [1.165, 1.54) is 16.7 Å². The molecule has 0 fully saturated rings. The summed E-state index contributed by atoms with van der Waals surface area (Å²) in [6, 6.07) is 14.3. The highest BCUT2D eigenvalue weighted by Crippen LogP contribution is 2.31. The number of carbonyl (C=O) groups is 1. The molecule has 0 aromatic heterocycles. The van der Waals surface area contributed by atoms with Gasteiger partial charge in [-0.1, -0.05) is 36.4 Å². The van der Waals surface area contributed by atoms with Gasteiger partial charge in [-0.25, -0.2) is 0 Å². The van der Waals surface area contributed by atoms with Crippen LogP contribution in [0.3, 0.4) is 0 Å². The molecule has 3 nitrogen and oxygen atoms in total. The van der Waals surface area contributed by atoms with E-state index in [4.69, 9.17) is 0 Å². The normalized spacial score (nSPS) is 13.6. The predicted octanol–water partition coefficient (Wildman–Crippen LogP) is 2.70. The van der Waals surface area contributed by atoms with Crippen molar-refractivity contribution in [3.63, 3.8) is 0 Å². The molecule has 0 radical (unpaired) electrons. The lowest BCUT2D eigenvalue weighted by Crippen LogP contribution is -2.25. The number of hydrogen-bond acceptors (Lipinski definition) is 2. The van der Waals surface area contributed by atoms with Gasteiger partial charge in [0.15, 0.2) is 0 Å². The fourth-order valence-electron chi connectivity index (χ4n) is 2.93. The molecule has 3 heteroatoms. The molecule has 1 aliphatic rings. The molecule has 0 aliphatic carbocycles. The lowest BCUT2D eigenvalue weighted by atomic mass is 9.89. The van der Waals surface area contributed by atoms with Gasteiger partial charge in [-0.2, -0.15) is 0 Å². The fraction of sp³-hybridized carbons (Fsp3) is 0.278. The average molecular weight is 280 g/mol. The van der Waals surface area contributed by atoms with Crippen molar-refractivity contribution in [3.05, 3.63) is 59.2 Å². The second kappa shape index (κ2) is 5.70. The van der Waals surface area contributed by atoms with Gasteiger partial charge in [0.25, 0.3) is 5.91 Å². The van der Waals surface area contributed by atoms with Crippen LogP contribution in [0, 0.1) is 0 Å². The zero-order valence-corrected chi connectivity index (χ0v) is 12.5. The van der Waals surface area contributed by atoms with Crippen LogP contribution in [-0.4, -0.2) is 31.4 Å². The van der Waals surface area contributed by atoms with Crippen LogP contribution in [0.15, 0.2) is 42.5 Å². The van der Waals surface area contributed by atoms with Crippen molar-refractivity contribution in [3.8, 4) is 11.1 Å². The maximum absolute atomic E-state index is 12.4. The van der Waals surface area contributed by atoms with Gasteiger partial charge in [-0.3, -0.25) is 4.79 Å². The van der Waals surface area contributed by atoms with Crippen LogP contribution < -0.4 is 5.32 Å². The van der Waals surface area contributed by atoms with Crippen molar-refractivity contribution in [2.45, 2.75) is 13.0 Å². The van der Waals surface area contributed by atoms with Gasteiger partial charge in [0.05, 0.1) is 0 Å². The van der Waals surface area contributed by atoms with Crippen molar-refractivity contribution in [2.24, 2.45) is 0 Å². The van der Waals surface area contributed by atoms with Crippen LogP contribution in [0.25, 0.3) is 11.1 Å². The molecule has 1 aliphatic heterocycles. The molecular formula is C18H20N2O. The second-order valence-electron chi connectivity index (χ2n) is 5.62. The van der Waals surface area contributed by atoms with E-state index in [0.29, 0.717) is 0 Å². The minimum atomic E-state index is 0.0529. The first-order valence-electron chi connectivity index (χ1n) is 7.31. The van der Waals surface area contributed by atoms with Crippen LogP contribution in [0.2, 0.25) is 0 Å². The summed E-state index contributed by atoms with van der Waals surface area (Å²) < 4.78 is 0. The maximum atomic E-state index is 12.4. The summed E-state index contributed by atoms with van der Waals surface area (Å²) in [4.78, 5) is 14.1. The molecule has 1 N–H and O–H groups in total. The summed E-state index contributed by atoms with van der Waals surface area (Å²) in [5, 5.41) is 3.40. The molecule has 0 unspecified atom stereocenters. The van der Waals surface area contributed by atoms with Crippen LogP contribution in [0.4, 0.5) is 0 Å². The smallest absolute Gasteiger partial charge is 0.253 e. The van der Waals surface area contributed by atoms with Gasteiger partial charge in [0.1, 0.15) is 0 Å². The Kier molecular flexibility index (Phi) is 3.76. The number of hydrogen-bond donors (Lipinski definition) is 1. The average Bonchev–Trinajstić information content (AvgIpc) is 2.53. The first-order chi connectivity index (χ1) is 10.2. The summed E-state index contributed by atoms with van der Waals surface area (Å²) >= 11 is 0. The third-order valence-electron chi connectivity index (χ3n) is 3.99. The lowest BCUT2D eigenvalue weighted by molar-refractivity contribution is 0.0828. The molecule has 0 saturated heterocycles. The molecule has 2 aromatic rings. The molecule has 1 heterocycles. The number of benzene rings is 2. The number of amides is 1. The van der Waals surface area contributed by atoms with Crippen LogP contribution in [0.1, 0.15) is 21.5 Å². The van der Waals surface area contributed by atoms with Crippen LogP contribution in [0.5, 0.6) is 0 Å². The van der Waals surface area contributed by atoms with Gasteiger partial charge in [0, 0.05) is 26.2 Å². The Hall–Kier alpha value is -2.13. The third-order valence-corrected chi connectivity index (χ3v) is 3.99. The molecule has 1 amide bonds. The number of nitrogens with one attached hydrogen (secondary N) is 1. The van der Waals surface area contributed by atoms with Crippen LogP contribution >= 0.6 is 0 Å². The third kappa shape index (κ3) is 2.57. The summed E-state index contributed by atoms with van der Waals surface area (Å²) in [5.41, 5.74) is 5.71. The van der Waals surface area contributed by atoms with Gasteiger partial charge in [-0.15, -0.1) is 0 Å². The molecule has 0 atom stereocenters. The Labute approximate surface area is 125 Å². The molecule has 2 aromatic carbocycles. The predicted molar refractivity (Wildman–Crippen MR) is 85.3 cm³/mol. The van der Waals surface area contributed by atoms with Crippen molar-refractivity contribution in [2.75, 3.05) is 20.6 Å². The minimum absolute atomic E-state index is 0.0529. The van der Waals surface area contributed by atoms with Gasteiger partial charge in [-0.05, 0) is 41.3 Å². The van der Waals surface area contributed by atoms with E-state index >= 15 is 0 Å². The first-order valence-corrected chi connectivity index (χ1v) is 7.31. The second-order valence-corrected chi connectivity index (χ2v) is 5.62. The number of nitrogens with zero attached hydrogens (tertiary/aromatic N) is 1.